The van der Waals surface area contributed by atoms with Gasteiger partial charge in [0.1, 0.15) is 11.3 Å². The van der Waals surface area contributed by atoms with Gasteiger partial charge in [0.05, 0.1) is 17.0 Å². The number of nitrogens with zero attached hydrogens (tertiary/aromatic N) is 1. The number of hydrogen-bond acceptors (Lipinski definition) is 4. The van der Waals surface area contributed by atoms with Gasteiger partial charge in [-0.25, -0.2) is 14.2 Å². The van der Waals surface area contributed by atoms with E-state index in [1.807, 2.05) is 0 Å². The number of carboxylic acids is 1. The number of carboxylic acid groups (broad SMARTS) is 1. The van der Waals surface area contributed by atoms with Gasteiger partial charge in [-0.1, -0.05) is 11.6 Å². The minimum atomic E-state index is -1.38. The van der Waals surface area contributed by atoms with E-state index in [0.717, 1.165) is 5.39 Å². The lowest BCUT2D eigenvalue weighted by Gasteiger charge is -2.09. The Labute approximate surface area is 122 Å². The molecule has 0 radical (unpaired) electrons. The van der Waals surface area contributed by atoms with Crippen LogP contribution in [0.5, 0.6) is 0 Å². The highest BCUT2D eigenvalue weighted by Gasteiger charge is 2.22. The topological polar surface area (TPSA) is 89.4 Å². The van der Waals surface area contributed by atoms with Crippen LogP contribution >= 0.6 is 11.6 Å². The van der Waals surface area contributed by atoms with E-state index in [4.69, 9.17) is 26.9 Å². The molecule has 7 heteroatoms. The Morgan fingerprint density at radius 2 is 2.14 bits per heavy atom. The first-order valence-electron chi connectivity index (χ1n) is 5.84. The summed E-state index contributed by atoms with van der Waals surface area (Å²) in [5.41, 5.74) is 5.43. The zero-order chi connectivity index (χ0) is 15.1. The second-order valence-corrected chi connectivity index (χ2v) is 4.71. The Morgan fingerprint density at radius 3 is 2.86 bits per heavy atom. The van der Waals surface area contributed by atoms with E-state index in [0.29, 0.717) is 11.1 Å². The fraction of sp³-hybridized carbons (Fsp3) is 0. The Bertz CT molecular complexity index is 876. The van der Waals surface area contributed by atoms with Crippen LogP contribution in [0.2, 0.25) is 5.02 Å². The average Bonchev–Trinajstić information content (AvgIpc) is 2.92. The van der Waals surface area contributed by atoms with E-state index < -0.39 is 28.2 Å². The molecule has 3 rings (SSSR count). The quantitative estimate of drug-likeness (QED) is 0.755. The van der Waals surface area contributed by atoms with Gasteiger partial charge < -0.3 is 15.3 Å². The first-order valence-corrected chi connectivity index (χ1v) is 6.22. The number of aromatic nitrogens is 1. The molecule has 21 heavy (non-hydrogen) atoms. The molecule has 0 atom stereocenters. The lowest BCUT2D eigenvalue weighted by Crippen LogP contribution is -2.08. The van der Waals surface area contributed by atoms with Crippen LogP contribution in [0.25, 0.3) is 22.2 Å². The molecular weight excluding hydrogens is 299 g/mol. The van der Waals surface area contributed by atoms with Crippen LogP contribution in [0.3, 0.4) is 0 Å². The van der Waals surface area contributed by atoms with Crippen molar-refractivity contribution in [1.29, 1.82) is 0 Å². The van der Waals surface area contributed by atoms with Crippen LogP contribution < -0.4 is 5.73 Å². The number of carbonyl (C=O) groups is 1. The van der Waals surface area contributed by atoms with Gasteiger partial charge in [-0.2, -0.15) is 0 Å². The number of aromatic carboxylic acids is 1. The minimum absolute atomic E-state index is 0.169. The molecule has 0 aliphatic heterocycles. The molecule has 0 saturated carbocycles. The number of fused-ring (bicyclic) bond motifs is 1. The number of hydrogen-bond donors (Lipinski definition) is 2. The summed E-state index contributed by atoms with van der Waals surface area (Å²) in [5, 5.41) is 9.38. The Balaban J connectivity index is 2.28. The summed E-state index contributed by atoms with van der Waals surface area (Å²) in [7, 11) is 0. The van der Waals surface area contributed by atoms with Gasteiger partial charge in [-0.3, -0.25) is 0 Å². The summed E-state index contributed by atoms with van der Waals surface area (Å²) >= 11 is 5.71. The Hall–Kier alpha value is -2.60. The third kappa shape index (κ3) is 2.09. The van der Waals surface area contributed by atoms with Crippen LogP contribution in [-0.2, 0) is 0 Å². The van der Waals surface area contributed by atoms with Crippen molar-refractivity contribution in [1.82, 2.24) is 4.98 Å². The fourth-order valence-electron chi connectivity index (χ4n) is 2.01. The molecule has 0 fully saturated rings. The predicted molar refractivity (Wildman–Crippen MR) is 75.8 cm³/mol. The number of nitrogen functional groups attached to an aromatic ring is 1. The molecule has 5 nitrogen and oxygen atoms in total. The zero-order valence-corrected chi connectivity index (χ0v) is 11.2. The van der Waals surface area contributed by atoms with E-state index in [1.54, 1.807) is 24.3 Å². The van der Waals surface area contributed by atoms with Gasteiger partial charge in [0.2, 0.25) is 0 Å². The van der Waals surface area contributed by atoms with Gasteiger partial charge >= 0.3 is 5.97 Å². The SMILES string of the molecule is Nc1c(F)c(-c2ccc3occc3c2)nc(C(=O)O)c1Cl. The van der Waals surface area contributed by atoms with Crippen molar-refractivity contribution in [2.24, 2.45) is 0 Å². The molecule has 1 aromatic carbocycles. The summed E-state index contributed by atoms with van der Waals surface area (Å²) < 4.78 is 19.4. The smallest absolute Gasteiger partial charge is 0.356 e. The molecule has 2 heterocycles. The number of nitrogens with two attached hydrogens (primary N) is 1. The zero-order valence-electron chi connectivity index (χ0n) is 10.4. The lowest BCUT2D eigenvalue weighted by molar-refractivity contribution is 0.0691. The van der Waals surface area contributed by atoms with Crippen LogP contribution in [0.4, 0.5) is 10.1 Å². The molecule has 0 unspecified atom stereocenters. The third-order valence-corrected chi connectivity index (χ3v) is 3.42. The number of pyridine rings is 1. The summed E-state index contributed by atoms with van der Waals surface area (Å²) in [4.78, 5) is 14.9. The molecule has 3 aromatic rings. The van der Waals surface area contributed by atoms with Gasteiger partial charge in [0, 0.05) is 10.9 Å². The molecule has 3 N–H and O–H groups in total. The van der Waals surface area contributed by atoms with Crippen molar-refractivity contribution in [3.05, 3.63) is 47.1 Å². The monoisotopic (exact) mass is 306 g/mol. The Morgan fingerprint density at radius 1 is 1.38 bits per heavy atom. The van der Waals surface area contributed by atoms with E-state index >= 15 is 0 Å². The van der Waals surface area contributed by atoms with Crippen molar-refractivity contribution >= 4 is 34.2 Å². The summed E-state index contributed by atoms with van der Waals surface area (Å²) in [6.07, 6.45) is 1.50. The molecule has 2 aromatic heterocycles. The van der Waals surface area contributed by atoms with E-state index in [2.05, 4.69) is 4.98 Å². The maximum Gasteiger partial charge on any atom is 0.356 e. The molecule has 0 bridgehead atoms. The van der Waals surface area contributed by atoms with Crippen LogP contribution in [-0.4, -0.2) is 16.1 Å². The minimum Gasteiger partial charge on any atom is -0.476 e. The maximum atomic E-state index is 14.2. The predicted octanol–water partition coefficient (Wildman–Crippen LogP) is 3.57. The van der Waals surface area contributed by atoms with E-state index in [-0.39, 0.29) is 5.69 Å². The normalized spacial score (nSPS) is 11.0. The second kappa shape index (κ2) is 4.75. The van der Waals surface area contributed by atoms with Crippen molar-refractivity contribution in [3.8, 4) is 11.3 Å². The number of halogens is 2. The van der Waals surface area contributed by atoms with Crippen LogP contribution in [0, 0.1) is 5.82 Å². The first kappa shape index (κ1) is 13.4. The largest absolute Gasteiger partial charge is 0.476 e. The van der Waals surface area contributed by atoms with Gasteiger partial charge in [0.25, 0.3) is 0 Å². The van der Waals surface area contributed by atoms with Crippen molar-refractivity contribution in [3.63, 3.8) is 0 Å². The number of anilines is 1. The molecule has 0 aliphatic carbocycles. The van der Waals surface area contributed by atoms with Crippen LogP contribution in [0.15, 0.2) is 34.9 Å². The molecule has 0 amide bonds. The van der Waals surface area contributed by atoms with Gasteiger partial charge in [0.15, 0.2) is 11.5 Å². The highest BCUT2D eigenvalue weighted by atomic mass is 35.5. The van der Waals surface area contributed by atoms with Gasteiger partial charge in [-0.15, -0.1) is 0 Å². The fourth-order valence-corrected chi connectivity index (χ4v) is 2.21. The van der Waals surface area contributed by atoms with Crippen molar-refractivity contribution in [2.45, 2.75) is 0 Å². The summed E-state index contributed by atoms with van der Waals surface area (Å²) in [6, 6.07) is 6.53. The summed E-state index contributed by atoms with van der Waals surface area (Å²) in [5.74, 6) is -2.23. The molecule has 106 valence electrons. The number of furan rings is 1. The average molecular weight is 307 g/mol. The molecular formula is C14H8ClFN2O3. The van der Waals surface area contributed by atoms with E-state index in [9.17, 15) is 9.18 Å². The van der Waals surface area contributed by atoms with Crippen LogP contribution in [0.1, 0.15) is 10.5 Å². The maximum absolute atomic E-state index is 14.2. The van der Waals surface area contributed by atoms with Crippen molar-refractivity contribution < 1.29 is 18.7 Å². The second-order valence-electron chi connectivity index (χ2n) is 4.33. The number of benzene rings is 1. The molecule has 0 saturated heterocycles. The van der Waals surface area contributed by atoms with E-state index in [1.165, 1.54) is 6.26 Å². The highest BCUT2D eigenvalue weighted by molar-refractivity contribution is 6.35. The number of rotatable bonds is 2. The lowest BCUT2D eigenvalue weighted by atomic mass is 10.1. The highest BCUT2D eigenvalue weighted by Crippen LogP contribution is 2.33. The molecule has 0 spiro atoms. The Kier molecular flexibility index (Phi) is 3.03. The standard InChI is InChI=1S/C14H8ClFN2O3/c15-9-11(17)10(16)12(18-13(9)14(19)20)7-1-2-8-6(5-7)3-4-21-8/h1-5H,(H2,17,18)(H,19,20). The van der Waals surface area contributed by atoms with Gasteiger partial charge in [-0.05, 0) is 24.3 Å². The van der Waals surface area contributed by atoms with Crippen molar-refractivity contribution in [2.75, 3.05) is 5.73 Å². The first-order chi connectivity index (χ1) is 9.99. The third-order valence-electron chi connectivity index (χ3n) is 3.04. The molecule has 0 aliphatic rings. The summed E-state index contributed by atoms with van der Waals surface area (Å²) in [6.45, 7) is 0.